The van der Waals surface area contributed by atoms with Gasteiger partial charge in [0.2, 0.25) is 0 Å². The number of nitro groups is 1. The summed E-state index contributed by atoms with van der Waals surface area (Å²) in [4.78, 5) is 8.82. The third-order valence-corrected chi connectivity index (χ3v) is 1.93. The maximum atomic E-state index is 12.5. The fraction of sp³-hybridized carbons (Fsp3) is 0.250. The predicted molar refractivity (Wildman–Crippen MR) is 47.5 cm³/mol. The molecule has 2 N–H and O–H groups in total. The molecule has 4 nitrogen and oxygen atoms in total. The number of hydrogen-bond acceptors (Lipinski definition) is 3. The fourth-order valence-corrected chi connectivity index (χ4v) is 1.31. The van der Waals surface area contributed by atoms with E-state index in [2.05, 4.69) is 0 Å². The molecule has 0 fully saturated rings. The van der Waals surface area contributed by atoms with Crippen LogP contribution in [0.15, 0.2) is 12.1 Å². The SMILES string of the molecule is Nc1cc([N+](=O)[O-])c(C(F)(F)F)c(C(F)(F)F)c1. The van der Waals surface area contributed by atoms with Crippen molar-refractivity contribution in [2.45, 2.75) is 12.4 Å². The summed E-state index contributed by atoms with van der Waals surface area (Å²) in [6.07, 6.45) is -10.9. The van der Waals surface area contributed by atoms with E-state index in [1.165, 1.54) is 0 Å². The van der Waals surface area contributed by atoms with Gasteiger partial charge in [-0.3, -0.25) is 10.1 Å². The highest BCUT2D eigenvalue weighted by Crippen LogP contribution is 2.45. The van der Waals surface area contributed by atoms with Gasteiger partial charge in [0, 0.05) is 11.8 Å². The van der Waals surface area contributed by atoms with Crippen LogP contribution in [0.4, 0.5) is 37.7 Å². The third-order valence-electron chi connectivity index (χ3n) is 1.93. The van der Waals surface area contributed by atoms with Crippen molar-refractivity contribution in [2.75, 3.05) is 5.73 Å². The van der Waals surface area contributed by atoms with Crippen LogP contribution in [0.25, 0.3) is 0 Å². The van der Waals surface area contributed by atoms with Gasteiger partial charge in [-0.25, -0.2) is 0 Å². The van der Waals surface area contributed by atoms with Crippen molar-refractivity contribution in [3.8, 4) is 0 Å². The second-order valence-corrected chi connectivity index (χ2v) is 3.22. The number of nitro benzene ring substituents is 1. The van der Waals surface area contributed by atoms with Gasteiger partial charge in [0.25, 0.3) is 5.69 Å². The Morgan fingerprint density at radius 3 is 1.89 bits per heavy atom. The Labute approximate surface area is 95.1 Å². The summed E-state index contributed by atoms with van der Waals surface area (Å²) < 4.78 is 74.7. The molecule has 0 aliphatic rings. The summed E-state index contributed by atoms with van der Waals surface area (Å²) in [5, 5.41) is 10.4. The van der Waals surface area contributed by atoms with Gasteiger partial charge in [-0.15, -0.1) is 0 Å². The van der Waals surface area contributed by atoms with E-state index < -0.39 is 39.8 Å². The molecule has 18 heavy (non-hydrogen) atoms. The average Bonchev–Trinajstić information content (AvgIpc) is 2.12. The standard InChI is InChI=1S/C8H4F6N2O2/c9-7(10,11)4-1-3(15)2-5(16(17)18)6(4)8(12,13)14/h1-2H,15H2. The van der Waals surface area contributed by atoms with Gasteiger partial charge in [-0.05, 0) is 6.07 Å². The van der Waals surface area contributed by atoms with E-state index in [9.17, 15) is 36.5 Å². The first-order chi connectivity index (χ1) is 7.94. The molecule has 1 aromatic carbocycles. The molecule has 0 heterocycles. The Morgan fingerprint density at radius 2 is 1.56 bits per heavy atom. The number of nitrogen functional groups attached to an aromatic ring is 1. The van der Waals surface area contributed by atoms with Crippen LogP contribution in [-0.4, -0.2) is 4.92 Å². The maximum absolute atomic E-state index is 12.5. The van der Waals surface area contributed by atoms with E-state index in [1.54, 1.807) is 0 Å². The topological polar surface area (TPSA) is 69.2 Å². The van der Waals surface area contributed by atoms with E-state index in [4.69, 9.17) is 5.73 Å². The molecular formula is C8H4F6N2O2. The second-order valence-electron chi connectivity index (χ2n) is 3.22. The van der Waals surface area contributed by atoms with E-state index >= 15 is 0 Å². The monoisotopic (exact) mass is 274 g/mol. The molecule has 0 radical (unpaired) electrons. The Kier molecular flexibility index (Phi) is 3.15. The summed E-state index contributed by atoms with van der Waals surface area (Å²) in [6.45, 7) is 0. The van der Waals surface area contributed by atoms with Crippen LogP contribution in [-0.2, 0) is 12.4 Å². The van der Waals surface area contributed by atoms with Crippen LogP contribution in [0.1, 0.15) is 11.1 Å². The molecule has 0 unspecified atom stereocenters. The highest BCUT2D eigenvalue weighted by Gasteiger charge is 2.48. The van der Waals surface area contributed by atoms with Gasteiger partial charge in [0.05, 0.1) is 10.5 Å². The molecule has 0 aliphatic heterocycles. The molecule has 100 valence electrons. The van der Waals surface area contributed by atoms with Gasteiger partial charge in [0.15, 0.2) is 0 Å². The van der Waals surface area contributed by atoms with Gasteiger partial charge < -0.3 is 5.73 Å². The number of hydrogen-bond donors (Lipinski definition) is 1. The Hall–Kier alpha value is -2.00. The van der Waals surface area contributed by atoms with E-state index in [0.29, 0.717) is 0 Å². The zero-order valence-corrected chi connectivity index (χ0v) is 8.26. The molecule has 0 aromatic heterocycles. The molecule has 0 bridgehead atoms. The summed E-state index contributed by atoms with van der Waals surface area (Å²) in [7, 11) is 0. The van der Waals surface area contributed by atoms with Crippen molar-refractivity contribution >= 4 is 11.4 Å². The number of alkyl halides is 6. The van der Waals surface area contributed by atoms with Crippen LogP contribution in [0, 0.1) is 10.1 Å². The number of anilines is 1. The average molecular weight is 274 g/mol. The van der Waals surface area contributed by atoms with Crippen LogP contribution in [0.2, 0.25) is 0 Å². The first-order valence-corrected chi connectivity index (χ1v) is 4.17. The normalized spacial score (nSPS) is 12.6. The van der Waals surface area contributed by atoms with Crippen molar-refractivity contribution in [3.63, 3.8) is 0 Å². The molecule has 0 saturated heterocycles. The van der Waals surface area contributed by atoms with E-state index in [1.807, 2.05) is 0 Å². The Balaban J connectivity index is 3.76. The second kappa shape index (κ2) is 4.03. The number of halogens is 6. The lowest BCUT2D eigenvalue weighted by Crippen LogP contribution is -2.19. The zero-order valence-electron chi connectivity index (χ0n) is 8.26. The van der Waals surface area contributed by atoms with E-state index in [-0.39, 0.29) is 12.1 Å². The molecule has 0 spiro atoms. The summed E-state index contributed by atoms with van der Waals surface area (Å²) >= 11 is 0. The molecule has 1 aromatic rings. The highest BCUT2D eigenvalue weighted by molar-refractivity contribution is 5.58. The number of nitrogens with two attached hydrogens (primary N) is 1. The molecule has 10 heteroatoms. The number of nitrogens with zero attached hydrogens (tertiary/aromatic N) is 1. The molecule has 1 rings (SSSR count). The predicted octanol–water partition coefficient (Wildman–Crippen LogP) is 3.21. The number of rotatable bonds is 1. The van der Waals surface area contributed by atoms with Gasteiger partial charge in [-0.1, -0.05) is 0 Å². The Bertz CT molecular complexity index is 494. The molecular weight excluding hydrogens is 270 g/mol. The smallest absolute Gasteiger partial charge is 0.399 e. The minimum atomic E-state index is -5.51. The van der Waals surface area contributed by atoms with Crippen molar-refractivity contribution in [2.24, 2.45) is 0 Å². The van der Waals surface area contributed by atoms with Crippen molar-refractivity contribution in [3.05, 3.63) is 33.4 Å². The van der Waals surface area contributed by atoms with Crippen LogP contribution in [0.3, 0.4) is 0 Å². The summed E-state index contributed by atoms with van der Waals surface area (Å²) in [6, 6.07) is 0.244. The van der Waals surface area contributed by atoms with Gasteiger partial charge in [-0.2, -0.15) is 26.3 Å². The van der Waals surface area contributed by atoms with Crippen molar-refractivity contribution in [1.82, 2.24) is 0 Å². The van der Waals surface area contributed by atoms with Crippen molar-refractivity contribution in [1.29, 1.82) is 0 Å². The summed E-state index contributed by atoms with van der Waals surface area (Å²) in [5.74, 6) is 0. The van der Waals surface area contributed by atoms with Crippen LogP contribution in [0.5, 0.6) is 0 Å². The van der Waals surface area contributed by atoms with Crippen LogP contribution < -0.4 is 5.73 Å². The third kappa shape index (κ3) is 2.63. The van der Waals surface area contributed by atoms with Gasteiger partial charge >= 0.3 is 12.4 Å². The maximum Gasteiger partial charge on any atom is 0.423 e. The first-order valence-electron chi connectivity index (χ1n) is 4.17. The summed E-state index contributed by atoms with van der Waals surface area (Å²) in [5.41, 5.74) is -2.10. The van der Waals surface area contributed by atoms with Gasteiger partial charge in [0.1, 0.15) is 5.56 Å². The van der Waals surface area contributed by atoms with Crippen molar-refractivity contribution < 1.29 is 31.3 Å². The fourth-order valence-electron chi connectivity index (χ4n) is 1.31. The largest absolute Gasteiger partial charge is 0.423 e. The van der Waals surface area contributed by atoms with Crippen LogP contribution >= 0.6 is 0 Å². The number of benzene rings is 1. The van der Waals surface area contributed by atoms with E-state index in [0.717, 1.165) is 0 Å². The molecule has 0 aliphatic carbocycles. The molecule has 0 atom stereocenters. The highest BCUT2D eigenvalue weighted by atomic mass is 19.4. The lowest BCUT2D eigenvalue weighted by molar-refractivity contribution is -0.388. The minimum Gasteiger partial charge on any atom is -0.399 e. The molecule has 0 amide bonds. The lowest BCUT2D eigenvalue weighted by Gasteiger charge is -2.15. The Morgan fingerprint density at radius 1 is 1.06 bits per heavy atom. The molecule has 0 saturated carbocycles. The minimum absolute atomic E-state index is 0.00975. The quantitative estimate of drug-likeness (QED) is 0.370. The zero-order chi connectivity index (χ0) is 14.3. The lowest BCUT2D eigenvalue weighted by atomic mass is 10.0. The first kappa shape index (κ1) is 14.1.